The maximum Gasteiger partial charge on any atom is 0.123 e. The summed E-state index contributed by atoms with van der Waals surface area (Å²) in [7, 11) is 0. The van der Waals surface area contributed by atoms with Crippen LogP contribution in [0.15, 0.2) is 36.4 Å². The molecule has 0 saturated heterocycles. The second-order valence-corrected chi connectivity index (χ2v) is 4.90. The molecule has 2 rings (SSSR count). The first-order chi connectivity index (χ1) is 9.19. The zero-order valence-electron chi connectivity index (χ0n) is 12.0. The minimum atomic E-state index is 0.380. The van der Waals surface area contributed by atoms with Crippen molar-refractivity contribution in [1.29, 1.82) is 0 Å². The molecule has 1 heteroatoms. The van der Waals surface area contributed by atoms with Crippen LogP contribution in [0, 0.1) is 0 Å². The lowest BCUT2D eigenvalue weighted by atomic mass is 9.95. The molecule has 0 heterocycles. The molecule has 2 aromatic rings. The van der Waals surface area contributed by atoms with E-state index in [0.717, 1.165) is 30.4 Å². The molecule has 0 unspecified atom stereocenters. The van der Waals surface area contributed by atoms with Gasteiger partial charge in [-0.25, -0.2) is 0 Å². The molecule has 0 spiro atoms. The van der Waals surface area contributed by atoms with Crippen molar-refractivity contribution in [3.63, 3.8) is 0 Å². The van der Waals surface area contributed by atoms with Crippen molar-refractivity contribution < 1.29 is 5.11 Å². The summed E-state index contributed by atoms with van der Waals surface area (Å²) in [6.45, 7) is 6.46. The quantitative estimate of drug-likeness (QED) is 0.835. The van der Waals surface area contributed by atoms with E-state index < -0.39 is 0 Å². The summed E-state index contributed by atoms with van der Waals surface area (Å²) in [4.78, 5) is 0. The van der Waals surface area contributed by atoms with Gasteiger partial charge in [-0.1, -0.05) is 51.1 Å². The summed E-state index contributed by atoms with van der Waals surface area (Å²) < 4.78 is 0. The Bertz CT molecular complexity index is 570. The molecule has 100 valence electrons. The number of hydrogen-bond donors (Lipinski definition) is 1. The van der Waals surface area contributed by atoms with Crippen LogP contribution in [0.25, 0.3) is 11.1 Å². The Balaban J connectivity index is 2.47. The standard InChI is InChI=1S/C18H22O/c1-4-13-7-10-17(18(19)11-13)16-9-8-14(5-2)15(6-3)12-16/h7-12,19H,4-6H2,1-3H3. The summed E-state index contributed by atoms with van der Waals surface area (Å²) in [6.07, 6.45) is 3.04. The molecule has 0 bridgehead atoms. The molecule has 19 heavy (non-hydrogen) atoms. The predicted octanol–water partition coefficient (Wildman–Crippen LogP) is 4.75. The van der Waals surface area contributed by atoms with E-state index in [-0.39, 0.29) is 0 Å². The van der Waals surface area contributed by atoms with Crippen LogP contribution in [0.1, 0.15) is 37.5 Å². The first-order valence-corrected chi connectivity index (χ1v) is 7.13. The molecule has 0 fully saturated rings. The normalized spacial score (nSPS) is 10.7. The monoisotopic (exact) mass is 254 g/mol. The lowest BCUT2D eigenvalue weighted by molar-refractivity contribution is 0.476. The molecule has 1 N–H and O–H groups in total. The maximum absolute atomic E-state index is 10.2. The van der Waals surface area contributed by atoms with Crippen molar-refractivity contribution >= 4 is 0 Å². The average Bonchev–Trinajstić information content (AvgIpc) is 2.46. The molecule has 0 radical (unpaired) electrons. The summed E-state index contributed by atoms with van der Waals surface area (Å²) in [5, 5.41) is 10.2. The summed E-state index contributed by atoms with van der Waals surface area (Å²) in [5.74, 6) is 0.380. The average molecular weight is 254 g/mol. The summed E-state index contributed by atoms with van der Waals surface area (Å²) in [5.41, 5.74) is 5.97. The Labute approximate surface area is 115 Å². The smallest absolute Gasteiger partial charge is 0.123 e. The highest BCUT2D eigenvalue weighted by atomic mass is 16.3. The fraction of sp³-hybridized carbons (Fsp3) is 0.333. The van der Waals surface area contributed by atoms with E-state index in [1.54, 1.807) is 0 Å². The number of phenolic OH excluding ortho intramolecular Hbond substituents is 1. The van der Waals surface area contributed by atoms with E-state index in [4.69, 9.17) is 0 Å². The molecule has 0 aliphatic rings. The van der Waals surface area contributed by atoms with Crippen molar-refractivity contribution in [1.82, 2.24) is 0 Å². The van der Waals surface area contributed by atoms with Gasteiger partial charge in [0.1, 0.15) is 5.75 Å². The van der Waals surface area contributed by atoms with Crippen molar-refractivity contribution in [2.24, 2.45) is 0 Å². The molecular weight excluding hydrogens is 232 g/mol. The fourth-order valence-electron chi connectivity index (χ4n) is 2.51. The second kappa shape index (κ2) is 5.92. The van der Waals surface area contributed by atoms with Crippen molar-refractivity contribution in [3.05, 3.63) is 53.1 Å². The van der Waals surface area contributed by atoms with Crippen LogP contribution in [0.3, 0.4) is 0 Å². The molecule has 0 aliphatic carbocycles. The van der Waals surface area contributed by atoms with Gasteiger partial charge in [-0.15, -0.1) is 0 Å². The minimum Gasteiger partial charge on any atom is -0.507 e. The molecule has 0 atom stereocenters. The Morgan fingerprint density at radius 3 is 2.11 bits per heavy atom. The van der Waals surface area contributed by atoms with Gasteiger partial charge in [0, 0.05) is 5.56 Å². The number of aryl methyl sites for hydroxylation is 3. The van der Waals surface area contributed by atoms with Crippen molar-refractivity contribution in [2.75, 3.05) is 0 Å². The van der Waals surface area contributed by atoms with Crippen LogP contribution >= 0.6 is 0 Å². The third-order valence-corrected chi connectivity index (χ3v) is 3.75. The zero-order valence-corrected chi connectivity index (χ0v) is 12.0. The first kappa shape index (κ1) is 13.7. The van der Waals surface area contributed by atoms with Crippen LogP contribution in [0.2, 0.25) is 0 Å². The van der Waals surface area contributed by atoms with Crippen LogP contribution in [-0.2, 0) is 19.3 Å². The molecule has 1 nitrogen and oxygen atoms in total. The van der Waals surface area contributed by atoms with Gasteiger partial charge in [0.2, 0.25) is 0 Å². The van der Waals surface area contributed by atoms with Gasteiger partial charge in [0.05, 0.1) is 0 Å². The van der Waals surface area contributed by atoms with Crippen molar-refractivity contribution in [3.8, 4) is 16.9 Å². The Hall–Kier alpha value is -1.76. The molecular formula is C18H22O. The van der Waals surface area contributed by atoms with Gasteiger partial charge in [-0.3, -0.25) is 0 Å². The number of phenols is 1. The lowest BCUT2D eigenvalue weighted by Crippen LogP contribution is -1.92. The zero-order chi connectivity index (χ0) is 13.8. The minimum absolute atomic E-state index is 0.380. The number of hydrogen-bond acceptors (Lipinski definition) is 1. The Morgan fingerprint density at radius 1 is 0.789 bits per heavy atom. The van der Waals surface area contributed by atoms with Crippen LogP contribution in [0.5, 0.6) is 5.75 Å². The highest BCUT2D eigenvalue weighted by Crippen LogP contribution is 2.31. The highest BCUT2D eigenvalue weighted by Gasteiger charge is 2.07. The van der Waals surface area contributed by atoms with Crippen LogP contribution in [-0.4, -0.2) is 5.11 Å². The summed E-state index contributed by atoms with van der Waals surface area (Å²) in [6, 6.07) is 12.5. The Morgan fingerprint density at radius 2 is 1.53 bits per heavy atom. The number of aromatic hydroxyl groups is 1. The molecule has 0 saturated carbocycles. The molecule has 2 aromatic carbocycles. The maximum atomic E-state index is 10.2. The first-order valence-electron chi connectivity index (χ1n) is 7.13. The van der Waals surface area contributed by atoms with E-state index in [1.807, 2.05) is 12.1 Å². The Kier molecular flexibility index (Phi) is 4.26. The van der Waals surface area contributed by atoms with Gasteiger partial charge < -0.3 is 5.11 Å². The predicted molar refractivity (Wildman–Crippen MR) is 81.7 cm³/mol. The van der Waals surface area contributed by atoms with Gasteiger partial charge >= 0.3 is 0 Å². The third kappa shape index (κ3) is 2.81. The van der Waals surface area contributed by atoms with Gasteiger partial charge in [0.25, 0.3) is 0 Å². The topological polar surface area (TPSA) is 20.2 Å². The second-order valence-electron chi connectivity index (χ2n) is 4.90. The van der Waals surface area contributed by atoms with Crippen LogP contribution < -0.4 is 0 Å². The van der Waals surface area contributed by atoms with Gasteiger partial charge in [0.15, 0.2) is 0 Å². The molecule has 0 aliphatic heterocycles. The molecule has 0 aromatic heterocycles. The van der Waals surface area contributed by atoms with Crippen LogP contribution in [0.4, 0.5) is 0 Å². The van der Waals surface area contributed by atoms with Gasteiger partial charge in [-0.2, -0.15) is 0 Å². The fourth-order valence-corrected chi connectivity index (χ4v) is 2.51. The van der Waals surface area contributed by atoms with E-state index in [9.17, 15) is 5.11 Å². The summed E-state index contributed by atoms with van der Waals surface area (Å²) >= 11 is 0. The molecule has 0 amide bonds. The van der Waals surface area contributed by atoms with E-state index in [1.165, 1.54) is 16.7 Å². The highest BCUT2D eigenvalue weighted by molar-refractivity contribution is 5.71. The largest absolute Gasteiger partial charge is 0.507 e. The van der Waals surface area contributed by atoms with E-state index >= 15 is 0 Å². The third-order valence-electron chi connectivity index (χ3n) is 3.75. The SMILES string of the molecule is CCc1ccc(-c2ccc(CC)c(CC)c2)c(O)c1. The number of rotatable bonds is 4. The number of benzene rings is 2. The van der Waals surface area contributed by atoms with Gasteiger partial charge in [-0.05, 0) is 47.6 Å². The van der Waals surface area contributed by atoms with Crippen molar-refractivity contribution in [2.45, 2.75) is 40.0 Å². The van der Waals surface area contributed by atoms with E-state index in [2.05, 4.69) is 45.0 Å². The van der Waals surface area contributed by atoms with E-state index in [0.29, 0.717) is 5.75 Å². The lowest BCUT2D eigenvalue weighted by Gasteiger charge is -2.11.